The van der Waals surface area contributed by atoms with Crippen molar-refractivity contribution in [2.24, 2.45) is 0 Å². The van der Waals surface area contributed by atoms with Gasteiger partial charge >= 0.3 is 0 Å². The van der Waals surface area contributed by atoms with E-state index < -0.39 is 0 Å². The van der Waals surface area contributed by atoms with Crippen LogP contribution in [0.2, 0.25) is 0 Å². The van der Waals surface area contributed by atoms with Gasteiger partial charge in [0.2, 0.25) is 0 Å². The number of benzene rings is 2. The summed E-state index contributed by atoms with van der Waals surface area (Å²) >= 11 is 0. The molecule has 4 heteroatoms. The van der Waals surface area contributed by atoms with Gasteiger partial charge in [0, 0.05) is 6.42 Å². The van der Waals surface area contributed by atoms with E-state index in [1.807, 2.05) is 18.2 Å². The standard InChI is InChI=1S/C17H16FN3/c18-15-11-5-4-10-14(15)17-19-16(20-21-17)12-6-9-13-7-2-1-3-8-13/h1-5,7-8,10-11H,6,9,12H2,(H,19,20,21). The summed E-state index contributed by atoms with van der Waals surface area (Å²) in [7, 11) is 0. The molecule has 0 aliphatic rings. The van der Waals surface area contributed by atoms with Crippen LogP contribution < -0.4 is 0 Å². The molecular weight excluding hydrogens is 265 g/mol. The maximum absolute atomic E-state index is 13.7. The van der Waals surface area contributed by atoms with Crippen LogP contribution in [0.25, 0.3) is 11.4 Å². The van der Waals surface area contributed by atoms with E-state index in [0.717, 1.165) is 25.1 Å². The molecule has 2 aromatic carbocycles. The Labute approximate surface area is 122 Å². The third-order valence-corrected chi connectivity index (χ3v) is 3.37. The first-order valence-corrected chi connectivity index (χ1v) is 7.03. The third-order valence-electron chi connectivity index (χ3n) is 3.37. The molecule has 0 saturated heterocycles. The zero-order valence-corrected chi connectivity index (χ0v) is 11.6. The number of hydrogen-bond acceptors (Lipinski definition) is 2. The number of nitrogens with one attached hydrogen (secondary N) is 1. The summed E-state index contributed by atoms with van der Waals surface area (Å²) in [5.74, 6) is 0.916. The van der Waals surface area contributed by atoms with Crippen LogP contribution in [0.4, 0.5) is 4.39 Å². The maximum Gasteiger partial charge on any atom is 0.184 e. The molecule has 0 spiro atoms. The smallest absolute Gasteiger partial charge is 0.184 e. The molecule has 0 aliphatic carbocycles. The monoisotopic (exact) mass is 281 g/mol. The van der Waals surface area contributed by atoms with Crippen molar-refractivity contribution in [2.75, 3.05) is 0 Å². The fourth-order valence-electron chi connectivity index (χ4n) is 2.27. The van der Waals surface area contributed by atoms with Gasteiger partial charge in [0.1, 0.15) is 11.6 Å². The quantitative estimate of drug-likeness (QED) is 0.773. The van der Waals surface area contributed by atoms with Crippen LogP contribution in [-0.4, -0.2) is 15.2 Å². The number of aryl methyl sites for hydroxylation is 2. The van der Waals surface area contributed by atoms with Crippen LogP contribution in [0.5, 0.6) is 0 Å². The average molecular weight is 281 g/mol. The number of nitrogens with zero attached hydrogens (tertiary/aromatic N) is 2. The number of aromatic nitrogens is 3. The Morgan fingerprint density at radius 1 is 0.905 bits per heavy atom. The molecule has 0 unspecified atom stereocenters. The molecule has 3 rings (SSSR count). The van der Waals surface area contributed by atoms with Crippen molar-refractivity contribution in [1.82, 2.24) is 15.2 Å². The summed E-state index contributed by atoms with van der Waals surface area (Å²) in [5, 5.41) is 6.99. The Kier molecular flexibility index (Phi) is 4.05. The van der Waals surface area contributed by atoms with Crippen LogP contribution in [0.15, 0.2) is 54.6 Å². The van der Waals surface area contributed by atoms with Crippen LogP contribution >= 0.6 is 0 Å². The summed E-state index contributed by atoms with van der Waals surface area (Å²) in [5.41, 5.74) is 1.74. The third kappa shape index (κ3) is 3.34. The molecule has 0 atom stereocenters. The van der Waals surface area contributed by atoms with Gasteiger partial charge in [-0.1, -0.05) is 42.5 Å². The molecule has 0 saturated carbocycles. The SMILES string of the molecule is Fc1ccccc1-c1n[nH]c(CCCc2ccccc2)n1. The summed E-state index contributed by atoms with van der Waals surface area (Å²) < 4.78 is 13.7. The van der Waals surface area contributed by atoms with Crippen LogP contribution in [0, 0.1) is 5.82 Å². The molecular formula is C17H16FN3. The second-order valence-corrected chi connectivity index (χ2v) is 4.92. The molecule has 0 aliphatic heterocycles. The van der Waals surface area contributed by atoms with E-state index >= 15 is 0 Å². The Balaban J connectivity index is 1.62. The van der Waals surface area contributed by atoms with Gasteiger partial charge in [-0.2, -0.15) is 5.10 Å². The lowest BCUT2D eigenvalue weighted by molar-refractivity contribution is 0.630. The van der Waals surface area contributed by atoms with Crippen molar-refractivity contribution in [2.45, 2.75) is 19.3 Å². The van der Waals surface area contributed by atoms with E-state index in [9.17, 15) is 4.39 Å². The molecule has 0 radical (unpaired) electrons. The van der Waals surface area contributed by atoms with E-state index in [1.165, 1.54) is 11.6 Å². The molecule has 3 nitrogen and oxygen atoms in total. The average Bonchev–Trinajstić information content (AvgIpc) is 2.97. The lowest BCUT2D eigenvalue weighted by Gasteiger charge is -1.99. The van der Waals surface area contributed by atoms with Gasteiger partial charge in [-0.15, -0.1) is 0 Å². The lowest BCUT2D eigenvalue weighted by atomic mass is 10.1. The van der Waals surface area contributed by atoms with Gasteiger partial charge in [0.25, 0.3) is 0 Å². The minimum absolute atomic E-state index is 0.299. The fraction of sp³-hybridized carbons (Fsp3) is 0.176. The Hall–Kier alpha value is -2.49. The van der Waals surface area contributed by atoms with Crippen molar-refractivity contribution in [1.29, 1.82) is 0 Å². The van der Waals surface area contributed by atoms with Gasteiger partial charge in [-0.25, -0.2) is 9.37 Å². The Morgan fingerprint density at radius 2 is 1.67 bits per heavy atom. The predicted molar refractivity (Wildman–Crippen MR) is 80.2 cm³/mol. The van der Waals surface area contributed by atoms with E-state index in [2.05, 4.69) is 27.3 Å². The first-order valence-electron chi connectivity index (χ1n) is 7.03. The molecule has 1 N–H and O–H groups in total. The highest BCUT2D eigenvalue weighted by Crippen LogP contribution is 2.18. The minimum Gasteiger partial charge on any atom is -0.263 e. The zero-order valence-electron chi connectivity index (χ0n) is 11.6. The highest BCUT2D eigenvalue weighted by Gasteiger charge is 2.09. The Bertz CT molecular complexity index is 707. The number of H-pyrrole nitrogens is 1. The highest BCUT2D eigenvalue weighted by molar-refractivity contribution is 5.55. The summed E-state index contributed by atoms with van der Waals surface area (Å²) in [6.45, 7) is 0. The number of aromatic amines is 1. The van der Waals surface area contributed by atoms with E-state index in [1.54, 1.807) is 18.2 Å². The first-order chi connectivity index (χ1) is 10.3. The highest BCUT2D eigenvalue weighted by atomic mass is 19.1. The second-order valence-electron chi connectivity index (χ2n) is 4.92. The minimum atomic E-state index is -0.299. The normalized spacial score (nSPS) is 10.7. The summed E-state index contributed by atoms with van der Waals surface area (Å²) in [4.78, 5) is 4.37. The molecule has 3 aromatic rings. The van der Waals surface area contributed by atoms with Gasteiger partial charge < -0.3 is 0 Å². The molecule has 1 heterocycles. The van der Waals surface area contributed by atoms with Gasteiger partial charge in [0.05, 0.1) is 5.56 Å². The van der Waals surface area contributed by atoms with Crippen molar-refractivity contribution in [3.8, 4) is 11.4 Å². The fourth-order valence-corrected chi connectivity index (χ4v) is 2.27. The van der Waals surface area contributed by atoms with E-state index in [-0.39, 0.29) is 5.82 Å². The number of hydrogen-bond donors (Lipinski definition) is 1. The van der Waals surface area contributed by atoms with Crippen molar-refractivity contribution >= 4 is 0 Å². The van der Waals surface area contributed by atoms with Crippen molar-refractivity contribution in [3.05, 3.63) is 71.8 Å². The maximum atomic E-state index is 13.7. The molecule has 106 valence electrons. The number of rotatable bonds is 5. The van der Waals surface area contributed by atoms with Crippen molar-refractivity contribution < 1.29 is 4.39 Å². The largest absolute Gasteiger partial charge is 0.263 e. The van der Waals surface area contributed by atoms with Crippen LogP contribution in [0.1, 0.15) is 17.8 Å². The molecule has 21 heavy (non-hydrogen) atoms. The summed E-state index contributed by atoms with van der Waals surface area (Å²) in [6, 6.07) is 16.9. The summed E-state index contributed by atoms with van der Waals surface area (Å²) in [6.07, 6.45) is 2.78. The predicted octanol–water partition coefficient (Wildman–Crippen LogP) is 3.79. The van der Waals surface area contributed by atoms with Gasteiger partial charge in [-0.05, 0) is 30.5 Å². The lowest BCUT2D eigenvalue weighted by Crippen LogP contribution is -1.92. The topological polar surface area (TPSA) is 41.6 Å². The van der Waals surface area contributed by atoms with Crippen LogP contribution in [-0.2, 0) is 12.8 Å². The molecule has 0 amide bonds. The first kappa shape index (κ1) is 13.5. The van der Waals surface area contributed by atoms with Crippen molar-refractivity contribution in [3.63, 3.8) is 0 Å². The second kappa shape index (κ2) is 6.31. The zero-order chi connectivity index (χ0) is 14.5. The molecule has 1 aromatic heterocycles. The Morgan fingerprint density at radius 3 is 2.48 bits per heavy atom. The van der Waals surface area contributed by atoms with Crippen LogP contribution in [0.3, 0.4) is 0 Å². The van der Waals surface area contributed by atoms with E-state index in [4.69, 9.17) is 0 Å². The number of halogens is 1. The van der Waals surface area contributed by atoms with E-state index in [0.29, 0.717) is 11.4 Å². The van der Waals surface area contributed by atoms with Gasteiger partial charge in [0.15, 0.2) is 5.82 Å². The molecule has 0 fully saturated rings. The molecule has 0 bridgehead atoms. The van der Waals surface area contributed by atoms with Gasteiger partial charge in [-0.3, -0.25) is 5.10 Å².